The van der Waals surface area contributed by atoms with E-state index in [1.807, 2.05) is 54.6 Å². The first-order chi connectivity index (χ1) is 10.7. The van der Waals surface area contributed by atoms with Gasteiger partial charge in [0.15, 0.2) is 5.11 Å². The molecule has 5 nitrogen and oxygen atoms in total. The minimum Gasteiger partial charge on any atom is -0.331 e. The molecule has 0 atom stereocenters. The summed E-state index contributed by atoms with van der Waals surface area (Å²) in [6, 6.07) is 19.5. The largest absolute Gasteiger partial charge is 0.331 e. The number of nitrogens with zero attached hydrogens (tertiary/aromatic N) is 1. The second-order valence-corrected chi connectivity index (χ2v) is 4.81. The van der Waals surface area contributed by atoms with E-state index < -0.39 is 5.91 Å². The predicted octanol–water partition coefficient (Wildman–Crippen LogP) is 2.58. The minimum absolute atomic E-state index is 0.221. The van der Waals surface area contributed by atoms with Crippen molar-refractivity contribution < 1.29 is 4.79 Å². The van der Waals surface area contributed by atoms with Gasteiger partial charge in [-0.2, -0.15) is 5.26 Å². The van der Waals surface area contributed by atoms with E-state index in [-0.39, 0.29) is 11.5 Å². The van der Waals surface area contributed by atoms with Gasteiger partial charge < -0.3 is 5.32 Å². The molecule has 22 heavy (non-hydrogen) atoms. The zero-order valence-corrected chi connectivity index (χ0v) is 12.5. The maximum absolute atomic E-state index is 11.1. The Morgan fingerprint density at radius 1 is 1.00 bits per heavy atom. The van der Waals surface area contributed by atoms with E-state index in [1.165, 1.54) is 0 Å². The standard InChI is InChI=1S/C16H14N4OS/c17-11-10-15(21)19-20-16(22)18-14-8-6-13(7-9-14)12-4-2-1-3-5-12/h1-9H,10H2,(H,19,21)(H2,18,20,22). The molecule has 110 valence electrons. The highest BCUT2D eigenvalue weighted by Gasteiger charge is 2.02. The molecule has 6 heteroatoms. The molecule has 0 unspecified atom stereocenters. The molecular formula is C16H14N4OS. The van der Waals surface area contributed by atoms with Crippen molar-refractivity contribution in [3.05, 3.63) is 54.6 Å². The summed E-state index contributed by atoms with van der Waals surface area (Å²) in [5, 5.41) is 11.6. The number of carbonyl (C=O) groups is 1. The molecule has 0 aliphatic heterocycles. The van der Waals surface area contributed by atoms with Gasteiger partial charge in [-0.3, -0.25) is 15.6 Å². The maximum Gasteiger partial charge on any atom is 0.252 e. The van der Waals surface area contributed by atoms with Crippen molar-refractivity contribution in [3.63, 3.8) is 0 Å². The zero-order valence-electron chi connectivity index (χ0n) is 11.7. The van der Waals surface area contributed by atoms with Crippen molar-refractivity contribution in [2.45, 2.75) is 6.42 Å². The third kappa shape index (κ3) is 4.58. The van der Waals surface area contributed by atoms with E-state index >= 15 is 0 Å². The van der Waals surface area contributed by atoms with Crippen LogP contribution in [0.2, 0.25) is 0 Å². The second-order valence-electron chi connectivity index (χ2n) is 4.41. The molecule has 0 aliphatic rings. The number of rotatable bonds is 3. The van der Waals surface area contributed by atoms with Gasteiger partial charge in [0.25, 0.3) is 5.91 Å². The lowest BCUT2D eigenvalue weighted by Gasteiger charge is -2.11. The van der Waals surface area contributed by atoms with Crippen molar-refractivity contribution in [3.8, 4) is 17.2 Å². The molecule has 0 fully saturated rings. The molecule has 2 aromatic carbocycles. The highest BCUT2D eigenvalue weighted by atomic mass is 32.1. The van der Waals surface area contributed by atoms with Crippen molar-refractivity contribution in [1.29, 1.82) is 5.26 Å². The van der Waals surface area contributed by atoms with E-state index in [2.05, 4.69) is 16.2 Å². The first-order valence-electron chi connectivity index (χ1n) is 6.57. The monoisotopic (exact) mass is 310 g/mol. The average molecular weight is 310 g/mol. The van der Waals surface area contributed by atoms with E-state index in [9.17, 15) is 4.79 Å². The van der Waals surface area contributed by atoms with Crippen LogP contribution in [-0.4, -0.2) is 11.0 Å². The van der Waals surface area contributed by atoms with Crippen molar-refractivity contribution in [1.82, 2.24) is 10.9 Å². The van der Waals surface area contributed by atoms with Gasteiger partial charge in [0, 0.05) is 5.69 Å². The molecule has 0 spiro atoms. The van der Waals surface area contributed by atoms with Crippen LogP contribution in [0.3, 0.4) is 0 Å². The Bertz CT molecular complexity index is 692. The molecule has 0 saturated carbocycles. The van der Waals surface area contributed by atoms with Crippen LogP contribution in [0.1, 0.15) is 6.42 Å². The van der Waals surface area contributed by atoms with Crippen LogP contribution in [0.4, 0.5) is 5.69 Å². The Kier molecular flexibility index (Phi) is 5.46. The third-order valence-corrected chi connectivity index (χ3v) is 3.01. The number of amides is 1. The molecule has 2 rings (SSSR count). The van der Waals surface area contributed by atoms with Crippen LogP contribution in [0, 0.1) is 11.3 Å². The van der Waals surface area contributed by atoms with Gasteiger partial charge in [-0.15, -0.1) is 0 Å². The Morgan fingerprint density at radius 2 is 1.64 bits per heavy atom. The summed E-state index contributed by atoms with van der Waals surface area (Å²) in [6.45, 7) is 0. The average Bonchev–Trinajstić information content (AvgIpc) is 2.55. The summed E-state index contributed by atoms with van der Waals surface area (Å²) < 4.78 is 0. The molecular weight excluding hydrogens is 296 g/mol. The quantitative estimate of drug-likeness (QED) is 0.600. The fraction of sp³-hybridized carbons (Fsp3) is 0.0625. The molecule has 1 amide bonds. The fourth-order valence-corrected chi connectivity index (χ4v) is 1.95. The number of anilines is 1. The van der Waals surface area contributed by atoms with Crippen LogP contribution >= 0.6 is 12.2 Å². The van der Waals surface area contributed by atoms with Gasteiger partial charge in [0.2, 0.25) is 0 Å². The number of carbonyl (C=O) groups excluding carboxylic acids is 1. The van der Waals surface area contributed by atoms with Crippen molar-refractivity contribution >= 4 is 28.9 Å². The molecule has 0 bridgehead atoms. The van der Waals surface area contributed by atoms with E-state index in [0.29, 0.717) is 0 Å². The summed E-state index contributed by atoms with van der Waals surface area (Å²) in [5.41, 5.74) is 7.90. The van der Waals surface area contributed by atoms with Gasteiger partial charge in [0.1, 0.15) is 6.42 Å². The molecule has 0 saturated heterocycles. The van der Waals surface area contributed by atoms with E-state index in [0.717, 1.165) is 16.8 Å². The van der Waals surface area contributed by atoms with E-state index in [4.69, 9.17) is 17.5 Å². The Balaban J connectivity index is 1.90. The summed E-state index contributed by atoms with van der Waals surface area (Å²) >= 11 is 5.05. The number of hydrogen-bond donors (Lipinski definition) is 3. The number of thiocarbonyl (C=S) groups is 1. The van der Waals surface area contributed by atoms with Gasteiger partial charge in [0.05, 0.1) is 6.07 Å². The van der Waals surface area contributed by atoms with Gasteiger partial charge >= 0.3 is 0 Å². The zero-order chi connectivity index (χ0) is 15.8. The Hall–Kier alpha value is -2.91. The van der Waals surface area contributed by atoms with Crippen LogP contribution < -0.4 is 16.2 Å². The number of hydrogen-bond acceptors (Lipinski definition) is 3. The number of hydrazine groups is 1. The summed E-state index contributed by atoms with van der Waals surface area (Å²) in [7, 11) is 0. The highest BCUT2D eigenvalue weighted by molar-refractivity contribution is 7.80. The molecule has 0 radical (unpaired) electrons. The van der Waals surface area contributed by atoms with Crippen LogP contribution in [0.5, 0.6) is 0 Å². The summed E-state index contributed by atoms with van der Waals surface area (Å²) in [4.78, 5) is 11.1. The lowest BCUT2D eigenvalue weighted by molar-refractivity contribution is -0.120. The summed E-state index contributed by atoms with van der Waals surface area (Å²) in [5.74, 6) is -0.439. The van der Waals surface area contributed by atoms with Gasteiger partial charge in [-0.05, 0) is 35.5 Å². The van der Waals surface area contributed by atoms with Crippen LogP contribution in [0.15, 0.2) is 54.6 Å². The first kappa shape index (κ1) is 15.5. The minimum atomic E-state index is -0.439. The fourth-order valence-electron chi connectivity index (χ4n) is 1.78. The number of nitrogens with one attached hydrogen (secondary N) is 3. The van der Waals surface area contributed by atoms with E-state index in [1.54, 1.807) is 6.07 Å². The Labute approximate surface area is 133 Å². The maximum atomic E-state index is 11.1. The predicted molar refractivity (Wildman–Crippen MR) is 89.6 cm³/mol. The van der Waals surface area contributed by atoms with Crippen molar-refractivity contribution in [2.24, 2.45) is 0 Å². The molecule has 3 N–H and O–H groups in total. The molecule has 0 aromatic heterocycles. The first-order valence-corrected chi connectivity index (χ1v) is 6.98. The molecule has 0 aliphatic carbocycles. The molecule has 0 heterocycles. The SMILES string of the molecule is N#CCC(=O)NNC(=S)Nc1ccc(-c2ccccc2)cc1. The lowest BCUT2D eigenvalue weighted by Crippen LogP contribution is -2.43. The van der Waals surface area contributed by atoms with Crippen LogP contribution in [-0.2, 0) is 4.79 Å². The van der Waals surface area contributed by atoms with Crippen LogP contribution in [0.25, 0.3) is 11.1 Å². The third-order valence-electron chi connectivity index (χ3n) is 2.80. The highest BCUT2D eigenvalue weighted by Crippen LogP contribution is 2.20. The number of benzene rings is 2. The van der Waals surface area contributed by atoms with Crippen molar-refractivity contribution in [2.75, 3.05) is 5.32 Å². The Morgan fingerprint density at radius 3 is 2.27 bits per heavy atom. The lowest BCUT2D eigenvalue weighted by atomic mass is 10.1. The van der Waals surface area contributed by atoms with Gasteiger partial charge in [-0.25, -0.2) is 0 Å². The van der Waals surface area contributed by atoms with Gasteiger partial charge in [-0.1, -0.05) is 42.5 Å². The second kappa shape index (κ2) is 7.76. The topological polar surface area (TPSA) is 77.0 Å². The normalized spacial score (nSPS) is 9.41. The smallest absolute Gasteiger partial charge is 0.252 e. The molecule has 2 aromatic rings. The number of nitriles is 1. The summed E-state index contributed by atoms with van der Waals surface area (Å²) in [6.07, 6.45) is -0.221.